The standard InChI is InChI=1S/C30H16N4O4/c1-3-7-17(8-4-1)27-31-15-25(37-27)29-33-21-11-19-14-24-22(12-20(19)13-23(21)35-29)34-30(36-24)26-16-32-28(38-26)18-9-5-2-6-10-18/h1-16H. The van der Waals surface area contributed by atoms with Gasteiger partial charge in [-0.1, -0.05) is 36.4 Å². The molecule has 0 radical (unpaired) electrons. The van der Waals surface area contributed by atoms with E-state index in [0.29, 0.717) is 57.3 Å². The van der Waals surface area contributed by atoms with Gasteiger partial charge in [-0.3, -0.25) is 0 Å². The molecule has 0 bridgehead atoms. The summed E-state index contributed by atoms with van der Waals surface area (Å²) in [5.41, 5.74) is 4.44. The van der Waals surface area contributed by atoms with Crippen LogP contribution < -0.4 is 0 Å². The number of fused-ring (bicyclic) bond motifs is 3. The van der Waals surface area contributed by atoms with Crippen LogP contribution in [-0.4, -0.2) is 19.9 Å². The van der Waals surface area contributed by atoms with Gasteiger partial charge >= 0.3 is 0 Å². The van der Waals surface area contributed by atoms with E-state index in [1.54, 1.807) is 12.4 Å². The Morgan fingerprint density at radius 3 is 1.34 bits per heavy atom. The van der Waals surface area contributed by atoms with Crippen molar-refractivity contribution >= 4 is 33.0 Å². The third-order valence-electron chi connectivity index (χ3n) is 6.33. The highest BCUT2D eigenvalue weighted by molar-refractivity contribution is 6.01. The highest BCUT2D eigenvalue weighted by Gasteiger charge is 2.18. The fourth-order valence-electron chi connectivity index (χ4n) is 4.48. The molecule has 0 fully saturated rings. The SMILES string of the molecule is c1ccc(-c2ncc(-c3nc4cc5cc6oc(-c7cnc(-c8ccccc8)o7)nc6cc5cc4o3)o2)cc1. The molecule has 8 nitrogen and oxygen atoms in total. The van der Waals surface area contributed by atoms with Crippen LogP contribution in [0, 0.1) is 0 Å². The molecule has 0 saturated carbocycles. The Labute approximate surface area is 214 Å². The minimum absolute atomic E-state index is 0.369. The molecule has 0 aliphatic rings. The van der Waals surface area contributed by atoms with Gasteiger partial charge in [0.1, 0.15) is 11.0 Å². The summed E-state index contributed by atoms with van der Waals surface area (Å²) in [5, 5.41) is 1.88. The van der Waals surface area contributed by atoms with E-state index < -0.39 is 0 Å². The summed E-state index contributed by atoms with van der Waals surface area (Å²) in [6, 6.07) is 27.2. The third-order valence-corrected chi connectivity index (χ3v) is 6.33. The van der Waals surface area contributed by atoms with Crippen molar-refractivity contribution in [2.24, 2.45) is 0 Å². The maximum absolute atomic E-state index is 6.03. The lowest BCUT2D eigenvalue weighted by molar-refractivity contribution is 0.540. The fourth-order valence-corrected chi connectivity index (χ4v) is 4.48. The van der Waals surface area contributed by atoms with Crippen LogP contribution in [0.4, 0.5) is 0 Å². The van der Waals surface area contributed by atoms with Crippen LogP contribution in [0.15, 0.2) is 115 Å². The Bertz CT molecular complexity index is 1870. The monoisotopic (exact) mass is 496 g/mol. The molecule has 180 valence electrons. The van der Waals surface area contributed by atoms with Gasteiger partial charge in [0.2, 0.25) is 23.3 Å². The van der Waals surface area contributed by atoms with Crippen molar-refractivity contribution in [3.63, 3.8) is 0 Å². The number of hydrogen-bond acceptors (Lipinski definition) is 8. The molecule has 0 atom stereocenters. The van der Waals surface area contributed by atoms with Gasteiger partial charge in [-0.15, -0.1) is 0 Å². The molecule has 4 heterocycles. The van der Waals surface area contributed by atoms with E-state index in [-0.39, 0.29) is 0 Å². The average Bonchev–Trinajstić information content (AvgIpc) is 3.76. The Morgan fingerprint density at radius 2 is 0.895 bits per heavy atom. The lowest BCUT2D eigenvalue weighted by atomic mass is 10.1. The second-order valence-electron chi connectivity index (χ2n) is 8.82. The van der Waals surface area contributed by atoms with Gasteiger partial charge in [0.25, 0.3) is 11.8 Å². The largest absolute Gasteiger partial charge is 0.434 e. The summed E-state index contributed by atoms with van der Waals surface area (Å²) < 4.78 is 23.9. The van der Waals surface area contributed by atoms with E-state index >= 15 is 0 Å². The molecule has 0 N–H and O–H groups in total. The number of benzene rings is 4. The number of nitrogens with zero attached hydrogens (tertiary/aromatic N) is 4. The predicted molar refractivity (Wildman–Crippen MR) is 141 cm³/mol. The number of aromatic nitrogens is 4. The summed E-state index contributed by atoms with van der Waals surface area (Å²) in [4.78, 5) is 18.0. The van der Waals surface area contributed by atoms with Crippen molar-refractivity contribution in [3.8, 4) is 46.2 Å². The van der Waals surface area contributed by atoms with Gasteiger partial charge < -0.3 is 17.7 Å². The molecule has 0 spiro atoms. The second kappa shape index (κ2) is 8.01. The van der Waals surface area contributed by atoms with Gasteiger partial charge in [-0.05, 0) is 59.3 Å². The smallest absolute Gasteiger partial charge is 0.265 e. The zero-order valence-electron chi connectivity index (χ0n) is 19.7. The van der Waals surface area contributed by atoms with Crippen LogP contribution in [0.2, 0.25) is 0 Å². The molecule has 8 aromatic rings. The zero-order valence-corrected chi connectivity index (χ0v) is 19.7. The van der Waals surface area contributed by atoms with Crippen LogP contribution in [-0.2, 0) is 0 Å². The number of rotatable bonds is 4. The minimum Gasteiger partial charge on any atom is -0.434 e. The van der Waals surface area contributed by atoms with Crippen molar-refractivity contribution in [1.29, 1.82) is 0 Å². The van der Waals surface area contributed by atoms with Gasteiger partial charge in [0.15, 0.2) is 11.2 Å². The summed E-state index contributed by atoms with van der Waals surface area (Å²) >= 11 is 0. The fraction of sp³-hybridized carbons (Fsp3) is 0. The first-order chi connectivity index (χ1) is 18.8. The van der Waals surface area contributed by atoms with Crippen molar-refractivity contribution in [2.75, 3.05) is 0 Å². The van der Waals surface area contributed by atoms with Crippen molar-refractivity contribution in [1.82, 2.24) is 19.9 Å². The molecule has 38 heavy (non-hydrogen) atoms. The zero-order chi connectivity index (χ0) is 25.1. The molecule has 0 saturated heterocycles. The van der Waals surface area contributed by atoms with Gasteiger partial charge in [0, 0.05) is 11.1 Å². The first-order valence-electron chi connectivity index (χ1n) is 11.9. The third kappa shape index (κ3) is 3.39. The van der Waals surface area contributed by atoms with Gasteiger partial charge in [-0.25, -0.2) is 19.9 Å². The van der Waals surface area contributed by atoms with Crippen LogP contribution in [0.3, 0.4) is 0 Å². The first-order valence-corrected chi connectivity index (χ1v) is 11.9. The Morgan fingerprint density at radius 1 is 0.447 bits per heavy atom. The molecule has 0 aliphatic heterocycles. The van der Waals surface area contributed by atoms with Crippen molar-refractivity contribution in [2.45, 2.75) is 0 Å². The van der Waals surface area contributed by atoms with E-state index in [0.717, 1.165) is 21.9 Å². The quantitative estimate of drug-likeness (QED) is 0.243. The molecule has 0 amide bonds. The molecule has 8 rings (SSSR count). The van der Waals surface area contributed by atoms with E-state index in [1.165, 1.54) is 0 Å². The molecular formula is C30H16N4O4. The molecule has 8 heteroatoms. The van der Waals surface area contributed by atoms with Crippen LogP contribution in [0.1, 0.15) is 0 Å². The molecule has 4 aromatic carbocycles. The summed E-state index contributed by atoms with van der Waals surface area (Å²) in [6.45, 7) is 0. The Hall–Kier alpha value is -5.50. The minimum atomic E-state index is 0.369. The normalized spacial score (nSPS) is 11.7. The summed E-state index contributed by atoms with van der Waals surface area (Å²) in [6.07, 6.45) is 3.25. The maximum atomic E-state index is 6.03. The highest BCUT2D eigenvalue weighted by atomic mass is 16.4. The predicted octanol–water partition coefficient (Wildman–Crippen LogP) is 7.77. The molecular weight excluding hydrogens is 480 g/mol. The van der Waals surface area contributed by atoms with E-state index in [2.05, 4.69) is 19.9 Å². The van der Waals surface area contributed by atoms with Crippen molar-refractivity contribution in [3.05, 3.63) is 97.3 Å². The van der Waals surface area contributed by atoms with Crippen LogP contribution >= 0.6 is 0 Å². The van der Waals surface area contributed by atoms with Gasteiger partial charge in [0.05, 0.1) is 12.4 Å². The lowest BCUT2D eigenvalue weighted by Crippen LogP contribution is -1.76. The topological polar surface area (TPSA) is 104 Å². The first kappa shape index (κ1) is 20.7. The van der Waals surface area contributed by atoms with E-state index in [9.17, 15) is 0 Å². The Kier molecular flexibility index (Phi) is 4.35. The van der Waals surface area contributed by atoms with E-state index in [4.69, 9.17) is 17.7 Å². The van der Waals surface area contributed by atoms with Crippen molar-refractivity contribution < 1.29 is 17.7 Å². The molecule has 0 unspecified atom stereocenters. The highest BCUT2D eigenvalue weighted by Crippen LogP contribution is 2.34. The van der Waals surface area contributed by atoms with Crippen LogP contribution in [0.5, 0.6) is 0 Å². The van der Waals surface area contributed by atoms with E-state index in [1.807, 2.05) is 84.9 Å². The second-order valence-corrected chi connectivity index (χ2v) is 8.82. The molecule has 4 aromatic heterocycles. The number of hydrogen-bond donors (Lipinski definition) is 0. The van der Waals surface area contributed by atoms with Crippen LogP contribution in [0.25, 0.3) is 79.2 Å². The maximum Gasteiger partial charge on any atom is 0.265 e. The summed E-state index contributed by atoms with van der Waals surface area (Å²) in [7, 11) is 0. The molecule has 0 aliphatic carbocycles. The lowest BCUT2D eigenvalue weighted by Gasteiger charge is -1.96. The average molecular weight is 496 g/mol. The summed E-state index contributed by atoms with van der Waals surface area (Å²) in [5.74, 6) is 2.69. The Balaban J connectivity index is 1.15. The van der Waals surface area contributed by atoms with Gasteiger partial charge in [-0.2, -0.15) is 0 Å². The number of oxazole rings is 4.